The van der Waals surface area contributed by atoms with E-state index in [1.807, 2.05) is 31.6 Å². The standard InChI is InChI=1S/C14H14N4/c1-15-13(14-17-7-8-18-14)11-4-5-12-10(9-11)3-2-6-16-12/h2-9,13,15H,1H3,(H,17,18). The van der Waals surface area contributed by atoms with Crippen LogP contribution in [-0.2, 0) is 0 Å². The van der Waals surface area contributed by atoms with Crippen molar-refractivity contribution >= 4 is 10.9 Å². The molecule has 1 aromatic carbocycles. The molecule has 0 radical (unpaired) electrons. The SMILES string of the molecule is CNC(c1ccc2ncccc2c1)c1ncc[nH]1. The molecular weight excluding hydrogens is 224 g/mol. The molecule has 0 aliphatic carbocycles. The van der Waals surface area contributed by atoms with Gasteiger partial charge in [-0.15, -0.1) is 0 Å². The number of benzene rings is 1. The Kier molecular flexibility index (Phi) is 2.78. The van der Waals surface area contributed by atoms with Crippen molar-refractivity contribution in [2.24, 2.45) is 0 Å². The van der Waals surface area contributed by atoms with Gasteiger partial charge in [0.25, 0.3) is 0 Å². The fourth-order valence-corrected chi connectivity index (χ4v) is 2.17. The molecule has 4 nitrogen and oxygen atoms in total. The zero-order chi connectivity index (χ0) is 12.4. The second kappa shape index (κ2) is 4.58. The summed E-state index contributed by atoms with van der Waals surface area (Å²) in [5.41, 5.74) is 2.18. The number of aromatic amines is 1. The van der Waals surface area contributed by atoms with Crippen molar-refractivity contribution in [2.75, 3.05) is 7.05 Å². The molecule has 4 heteroatoms. The van der Waals surface area contributed by atoms with Crippen LogP contribution in [0.2, 0.25) is 0 Å². The van der Waals surface area contributed by atoms with Crippen LogP contribution in [0.15, 0.2) is 48.9 Å². The number of rotatable bonds is 3. The highest BCUT2D eigenvalue weighted by molar-refractivity contribution is 5.79. The van der Waals surface area contributed by atoms with Gasteiger partial charge in [0.15, 0.2) is 0 Å². The maximum Gasteiger partial charge on any atom is 0.127 e. The summed E-state index contributed by atoms with van der Waals surface area (Å²) in [6.07, 6.45) is 5.41. The molecule has 0 amide bonds. The van der Waals surface area contributed by atoms with Gasteiger partial charge in [0, 0.05) is 24.0 Å². The first-order valence-corrected chi connectivity index (χ1v) is 5.90. The summed E-state index contributed by atoms with van der Waals surface area (Å²) in [6.45, 7) is 0. The zero-order valence-corrected chi connectivity index (χ0v) is 10.1. The first-order valence-electron chi connectivity index (χ1n) is 5.90. The van der Waals surface area contributed by atoms with Gasteiger partial charge >= 0.3 is 0 Å². The third kappa shape index (κ3) is 1.87. The quantitative estimate of drug-likeness (QED) is 0.736. The van der Waals surface area contributed by atoms with E-state index >= 15 is 0 Å². The molecule has 2 aromatic heterocycles. The third-order valence-electron chi connectivity index (χ3n) is 3.04. The molecule has 3 rings (SSSR count). The van der Waals surface area contributed by atoms with Gasteiger partial charge < -0.3 is 10.3 Å². The monoisotopic (exact) mass is 238 g/mol. The largest absolute Gasteiger partial charge is 0.347 e. The van der Waals surface area contributed by atoms with Crippen LogP contribution in [0.3, 0.4) is 0 Å². The highest BCUT2D eigenvalue weighted by atomic mass is 15.0. The Morgan fingerprint density at radius 3 is 2.89 bits per heavy atom. The predicted octanol–water partition coefficient (Wildman–Crippen LogP) is 2.27. The summed E-state index contributed by atoms with van der Waals surface area (Å²) in [5.74, 6) is 0.917. The number of nitrogens with one attached hydrogen (secondary N) is 2. The fourth-order valence-electron chi connectivity index (χ4n) is 2.17. The van der Waals surface area contributed by atoms with Crippen LogP contribution in [0.5, 0.6) is 0 Å². The number of hydrogen-bond donors (Lipinski definition) is 2. The Labute approximate surface area is 105 Å². The molecule has 2 N–H and O–H groups in total. The maximum atomic E-state index is 4.33. The van der Waals surface area contributed by atoms with E-state index in [4.69, 9.17) is 0 Å². The lowest BCUT2D eigenvalue weighted by Gasteiger charge is -2.14. The van der Waals surface area contributed by atoms with Gasteiger partial charge in [-0.2, -0.15) is 0 Å². The van der Waals surface area contributed by atoms with Crippen molar-refractivity contribution in [1.82, 2.24) is 20.3 Å². The molecule has 0 aliphatic heterocycles. The Morgan fingerprint density at radius 1 is 1.17 bits per heavy atom. The van der Waals surface area contributed by atoms with E-state index in [2.05, 4.69) is 38.5 Å². The van der Waals surface area contributed by atoms with Crippen molar-refractivity contribution in [1.29, 1.82) is 0 Å². The molecule has 3 aromatic rings. The molecule has 0 aliphatic rings. The van der Waals surface area contributed by atoms with Gasteiger partial charge in [0.05, 0.1) is 11.6 Å². The second-order valence-electron chi connectivity index (χ2n) is 4.15. The number of H-pyrrole nitrogens is 1. The Balaban J connectivity index is 2.07. The van der Waals surface area contributed by atoms with Crippen LogP contribution in [-0.4, -0.2) is 22.0 Å². The summed E-state index contributed by atoms with van der Waals surface area (Å²) < 4.78 is 0. The number of hydrogen-bond acceptors (Lipinski definition) is 3. The van der Waals surface area contributed by atoms with Gasteiger partial charge in [0.1, 0.15) is 5.82 Å². The molecule has 0 spiro atoms. The summed E-state index contributed by atoms with van der Waals surface area (Å²) in [5, 5.41) is 4.41. The normalized spacial score (nSPS) is 12.7. The molecule has 1 unspecified atom stereocenters. The van der Waals surface area contributed by atoms with Crippen molar-refractivity contribution in [2.45, 2.75) is 6.04 Å². The lowest BCUT2D eigenvalue weighted by atomic mass is 10.0. The molecule has 0 fully saturated rings. The topological polar surface area (TPSA) is 53.6 Å². The van der Waals surface area contributed by atoms with Crippen molar-refractivity contribution in [3.05, 3.63) is 60.3 Å². The second-order valence-corrected chi connectivity index (χ2v) is 4.15. The molecule has 18 heavy (non-hydrogen) atoms. The summed E-state index contributed by atoms with van der Waals surface area (Å²) >= 11 is 0. The third-order valence-corrected chi connectivity index (χ3v) is 3.04. The van der Waals surface area contributed by atoms with Crippen molar-refractivity contribution < 1.29 is 0 Å². The molecule has 0 saturated heterocycles. The van der Waals surface area contributed by atoms with E-state index in [9.17, 15) is 0 Å². The molecule has 90 valence electrons. The average Bonchev–Trinajstić information content (AvgIpc) is 2.93. The Bertz CT molecular complexity index is 646. The first kappa shape index (κ1) is 10.9. The van der Waals surface area contributed by atoms with E-state index < -0.39 is 0 Å². The van der Waals surface area contributed by atoms with Crippen molar-refractivity contribution in [3.8, 4) is 0 Å². The lowest BCUT2D eigenvalue weighted by molar-refractivity contribution is 0.656. The first-order chi connectivity index (χ1) is 8.88. The molecule has 0 bridgehead atoms. The van der Waals surface area contributed by atoms with Crippen LogP contribution in [0.25, 0.3) is 10.9 Å². The molecule has 2 heterocycles. The van der Waals surface area contributed by atoms with E-state index in [1.165, 1.54) is 5.56 Å². The van der Waals surface area contributed by atoms with Gasteiger partial charge in [0.2, 0.25) is 0 Å². The number of aromatic nitrogens is 3. The fraction of sp³-hybridized carbons (Fsp3) is 0.143. The summed E-state index contributed by atoms with van der Waals surface area (Å²) in [7, 11) is 1.93. The Morgan fingerprint density at radius 2 is 2.11 bits per heavy atom. The van der Waals surface area contributed by atoms with Gasteiger partial charge in [-0.05, 0) is 30.8 Å². The minimum atomic E-state index is 0.0737. The number of nitrogens with zero attached hydrogens (tertiary/aromatic N) is 2. The van der Waals surface area contributed by atoms with Crippen LogP contribution < -0.4 is 5.32 Å². The molecule has 1 atom stereocenters. The highest BCUT2D eigenvalue weighted by Crippen LogP contribution is 2.22. The van der Waals surface area contributed by atoms with Crippen LogP contribution in [0, 0.1) is 0 Å². The van der Waals surface area contributed by atoms with E-state index in [-0.39, 0.29) is 6.04 Å². The Hall–Kier alpha value is -2.20. The number of fused-ring (bicyclic) bond motifs is 1. The van der Waals surface area contributed by atoms with Crippen LogP contribution in [0.4, 0.5) is 0 Å². The lowest BCUT2D eigenvalue weighted by Crippen LogP contribution is -2.18. The average molecular weight is 238 g/mol. The van der Waals surface area contributed by atoms with Crippen LogP contribution in [0.1, 0.15) is 17.4 Å². The maximum absolute atomic E-state index is 4.33. The molecule has 0 saturated carbocycles. The van der Waals surface area contributed by atoms with E-state index in [0.29, 0.717) is 0 Å². The van der Waals surface area contributed by atoms with Crippen molar-refractivity contribution in [3.63, 3.8) is 0 Å². The predicted molar refractivity (Wildman–Crippen MR) is 71.2 cm³/mol. The minimum Gasteiger partial charge on any atom is -0.347 e. The van der Waals surface area contributed by atoms with E-state index in [1.54, 1.807) is 6.20 Å². The number of imidazole rings is 1. The van der Waals surface area contributed by atoms with E-state index in [0.717, 1.165) is 16.7 Å². The smallest absolute Gasteiger partial charge is 0.127 e. The minimum absolute atomic E-state index is 0.0737. The number of pyridine rings is 1. The summed E-state index contributed by atoms with van der Waals surface area (Å²) in [4.78, 5) is 11.8. The van der Waals surface area contributed by atoms with Gasteiger partial charge in [-0.3, -0.25) is 4.98 Å². The summed E-state index contributed by atoms with van der Waals surface area (Å²) in [6, 6.07) is 10.4. The highest BCUT2D eigenvalue weighted by Gasteiger charge is 2.14. The molecular formula is C14H14N4. The van der Waals surface area contributed by atoms with Gasteiger partial charge in [-0.25, -0.2) is 4.98 Å². The van der Waals surface area contributed by atoms with Gasteiger partial charge in [-0.1, -0.05) is 12.1 Å². The zero-order valence-electron chi connectivity index (χ0n) is 10.1. The van der Waals surface area contributed by atoms with Crippen LogP contribution >= 0.6 is 0 Å².